The first-order valence-corrected chi connectivity index (χ1v) is 9.99. The van der Waals surface area contributed by atoms with Gasteiger partial charge in [-0.2, -0.15) is 0 Å². The molecule has 0 amide bonds. The SMILES string of the molecule is C=C(C)CC12C(c3ccccc3O)CCCC1C(C)(C)C(C)C2(C)C. The van der Waals surface area contributed by atoms with Crippen LogP contribution in [0.3, 0.4) is 0 Å². The van der Waals surface area contributed by atoms with Gasteiger partial charge in [0, 0.05) is 0 Å². The molecule has 4 unspecified atom stereocenters. The summed E-state index contributed by atoms with van der Waals surface area (Å²) in [6, 6.07) is 8.05. The maximum absolute atomic E-state index is 10.7. The molecule has 2 aliphatic carbocycles. The van der Waals surface area contributed by atoms with Crippen molar-refractivity contribution in [2.45, 2.75) is 73.1 Å². The van der Waals surface area contributed by atoms with Gasteiger partial charge in [-0.05, 0) is 71.8 Å². The van der Waals surface area contributed by atoms with Gasteiger partial charge in [-0.25, -0.2) is 0 Å². The van der Waals surface area contributed by atoms with E-state index in [1.165, 1.54) is 24.8 Å². The van der Waals surface area contributed by atoms with Crippen molar-refractivity contribution in [2.75, 3.05) is 0 Å². The summed E-state index contributed by atoms with van der Waals surface area (Å²) in [5, 5.41) is 10.7. The Hall–Kier alpha value is -1.24. The first-order chi connectivity index (χ1) is 11.6. The molecule has 2 fully saturated rings. The molecule has 2 saturated carbocycles. The molecule has 1 N–H and O–H groups in total. The molecule has 0 bridgehead atoms. The van der Waals surface area contributed by atoms with E-state index in [-0.39, 0.29) is 10.8 Å². The highest BCUT2D eigenvalue weighted by Gasteiger charge is 2.69. The molecule has 0 radical (unpaired) electrons. The molecular weight excluding hydrogens is 304 g/mol. The lowest BCUT2D eigenvalue weighted by molar-refractivity contribution is -0.0216. The Balaban J connectivity index is 2.26. The third-order valence-corrected chi connectivity index (χ3v) is 8.43. The first-order valence-electron chi connectivity index (χ1n) is 9.99. The summed E-state index contributed by atoms with van der Waals surface area (Å²) in [4.78, 5) is 0. The van der Waals surface area contributed by atoms with Crippen LogP contribution in [-0.2, 0) is 0 Å². The van der Waals surface area contributed by atoms with Crippen LogP contribution in [0.4, 0.5) is 0 Å². The lowest BCUT2D eigenvalue weighted by atomic mass is 9.48. The minimum atomic E-state index is 0.166. The quantitative estimate of drug-likeness (QED) is 0.591. The van der Waals surface area contributed by atoms with Crippen molar-refractivity contribution in [3.05, 3.63) is 42.0 Å². The number of fused-ring (bicyclic) bond motifs is 1. The fourth-order valence-electron chi connectivity index (χ4n) is 7.04. The molecule has 1 aromatic carbocycles. The number of hydrogen-bond donors (Lipinski definition) is 1. The Labute approximate surface area is 154 Å². The molecule has 0 spiro atoms. The second-order valence-corrected chi connectivity index (χ2v) is 10.0. The highest BCUT2D eigenvalue weighted by molar-refractivity contribution is 5.39. The number of rotatable bonds is 3. The number of para-hydroxylation sites is 1. The molecule has 3 rings (SSSR count). The van der Waals surface area contributed by atoms with Gasteiger partial charge in [0.15, 0.2) is 0 Å². The molecule has 0 aliphatic heterocycles. The maximum atomic E-state index is 10.7. The normalized spacial score (nSPS) is 36.0. The van der Waals surface area contributed by atoms with Crippen LogP contribution in [0.2, 0.25) is 0 Å². The van der Waals surface area contributed by atoms with Gasteiger partial charge >= 0.3 is 0 Å². The maximum Gasteiger partial charge on any atom is 0.119 e. The average Bonchev–Trinajstić information content (AvgIpc) is 2.64. The van der Waals surface area contributed by atoms with E-state index >= 15 is 0 Å². The molecule has 138 valence electrons. The average molecular weight is 341 g/mol. The van der Waals surface area contributed by atoms with E-state index in [1.54, 1.807) is 0 Å². The van der Waals surface area contributed by atoms with E-state index in [0.29, 0.717) is 28.9 Å². The molecule has 0 aromatic heterocycles. The van der Waals surface area contributed by atoms with Crippen LogP contribution in [0.15, 0.2) is 36.4 Å². The molecule has 0 heterocycles. The topological polar surface area (TPSA) is 20.2 Å². The minimum Gasteiger partial charge on any atom is -0.508 e. The third kappa shape index (κ3) is 2.41. The van der Waals surface area contributed by atoms with Crippen molar-refractivity contribution in [1.82, 2.24) is 0 Å². The van der Waals surface area contributed by atoms with E-state index in [2.05, 4.69) is 60.3 Å². The Morgan fingerprint density at radius 2 is 1.80 bits per heavy atom. The number of phenolic OH excluding ortho intramolecular Hbond substituents is 1. The monoisotopic (exact) mass is 340 g/mol. The Kier molecular flexibility index (Phi) is 4.37. The predicted molar refractivity (Wildman–Crippen MR) is 107 cm³/mol. The van der Waals surface area contributed by atoms with Gasteiger partial charge in [0.1, 0.15) is 5.75 Å². The molecule has 0 saturated heterocycles. The van der Waals surface area contributed by atoms with Gasteiger partial charge < -0.3 is 5.11 Å². The smallest absolute Gasteiger partial charge is 0.119 e. The lowest BCUT2D eigenvalue weighted by Crippen LogP contribution is -2.47. The van der Waals surface area contributed by atoms with Crippen molar-refractivity contribution >= 4 is 0 Å². The molecule has 1 aromatic rings. The van der Waals surface area contributed by atoms with Crippen molar-refractivity contribution < 1.29 is 5.11 Å². The summed E-state index contributed by atoms with van der Waals surface area (Å²) in [6.45, 7) is 18.9. The lowest BCUT2D eigenvalue weighted by Gasteiger charge is -2.55. The van der Waals surface area contributed by atoms with Crippen molar-refractivity contribution in [1.29, 1.82) is 0 Å². The van der Waals surface area contributed by atoms with Gasteiger partial charge in [-0.3, -0.25) is 0 Å². The molecule has 25 heavy (non-hydrogen) atoms. The van der Waals surface area contributed by atoms with E-state index < -0.39 is 0 Å². The largest absolute Gasteiger partial charge is 0.508 e. The molecule has 1 heteroatoms. The van der Waals surface area contributed by atoms with Crippen molar-refractivity contribution in [3.63, 3.8) is 0 Å². The molecule has 1 nitrogen and oxygen atoms in total. The number of allylic oxidation sites excluding steroid dienone is 1. The Morgan fingerprint density at radius 1 is 1.16 bits per heavy atom. The number of hydrogen-bond acceptors (Lipinski definition) is 1. The summed E-state index contributed by atoms with van der Waals surface area (Å²) in [5.41, 5.74) is 3.12. The standard InChI is InChI=1S/C24H36O/c1-16(2)15-24-19(18-11-8-9-13-20(18)25)12-10-14-21(24)22(4,5)17(3)23(24,6)7/h8-9,11,13,17,19,21,25H,1,10,12,14-15H2,2-7H3. The van der Waals surface area contributed by atoms with E-state index in [1.807, 2.05) is 12.1 Å². The van der Waals surface area contributed by atoms with Gasteiger partial charge in [0.25, 0.3) is 0 Å². The number of phenols is 1. The molecule has 2 aliphatic rings. The van der Waals surface area contributed by atoms with Gasteiger partial charge in [-0.15, -0.1) is 6.58 Å². The number of benzene rings is 1. The fourth-order valence-corrected chi connectivity index (χ4v) is 7.04. The summed E-state index contributed by atoms with van der Waals surface area (Å²) < 4.78 is 0. The second kappa shape index (κ2) is 5.89. The number of aromatic hydroxyl groups is 1. The molecule has 4 atom stereocenters. The minimum absolute atomic E-state index is 0.166. The summed E-state index contributed by atoms with van der Waals surface area (Å²) in [7, 11) is 0. The zero-order valence-corrected chi connectivity index (χ0v) is 17.0. The van der Waals surface area contributed by atoms with Crippen LogP contribution in [0, 0.1) is 28.1 Å². The van der Waals surface area contributed by atoms with Crippen LogP contribution in [0.25, 0.3) is 0 Å². The van der Waals surface area contributed by atoms with Crippen LogP contribution >= 0.6 is 0 Å². The summed E-state index contributed by atoms with van der Waals surface area (Å²) >= 11 is 0. The Bertz CT molecular complexity index is 668. The van der Waals surface area contributed by atoms with Crippen molar-refractivity contribution in [3.8, 4) is 5.75 Å². The highest BCUT2D eigenvalue weighted by Crippen LogP contribution is 2.76. The van der Waals surface area contributed by atoms with Crippen LogP contribution in [0.5, 0.6) is 5.75 Å². The predicted octanol–water partition coefficient (Wildman–Crippen LogP) is 6.93. The summed E-state index contributed by atoms with van der Waals surface area (Å²) in [6.07, 6.45) is 4.80. The van der Waals surface area contributed by atoms with Crippen LogP contribution in [-0.4, -0.2) is 5.11 Å². The summed E-state index contributed by atoms with van der Waals surface area (Å²) in [5.74, 6) is 2.18. The van der Waals surface area contributed by atoms with Gasteiger partial charge in [0.05, 0.1) is 0 Å². The van der Waals surface area contributed by atoms with Crippen LogP contribution < -0.4 is 0 Å². The van der Waals surface area contributed by atoms with Gasteiger partial charge in [0.2, 0.25) is 0 Å². The third-order valence-electron chi connectivity index (χ3n) is 8.43. The van der Waals surface area contributed by atoms with Crippen molar-refractivity contribution in [2.24, 2.45) is 28.1 Å². The molecular formula is C24H36O. The zero-order valence-electron chi connectivity index (χ0n) is 17.0. The Morgan fingerprint density at radius 3 is 2.40 bits per heavy atom. The van der Waals surface area contributed by atoms with E-state index in [4.69, 9.17) is 0 Å². The first kappa shape index (κ1) is 18.5. The van der Waals surface area contributed by atoms with Gasteiger partial charge in [-0.1, -0.05) is 64.8 Å². The second-order valence-electron chi connectivity index (χ2n) is 10.0. The zero-order chi connectivity index (χ0) is 18.6. The highest BCUT2D eigenvalue weighted by atomic mass is 16.3. The van der Waals surface area contributed by atoms with E-state index in [0.717, 1.165) is 12.0 Å². The fraction of sp³-hybridized carbons (Fsp3) is 0.667. The van der Waals surface area contributed by atoms with E-state index in [9.17, 15) is 5.11 Å². The van der Waals surface area contributed by atoms with Crippen LogP contribution in [0.1, 0.15) is 78.7 Å².